The van der Waals surface area contributed by atoms with Gasteiger partial charge in [0.05, 0.1) is 24.1 Å². The van der Waals surface area contributed by atoms with Crippen LogP contribution in [0.1, 0.15) is 26.2 Å². The summed E-state index contributed by atoms with van der Waals surface area (Å²) in [4.78, 5) is 8.52. The molecule has 6 nitrogen and oxygen atoms in total. The van der Waals surface area contributed by atoms with Crippen molar-refractivity contribution in [2.75, 3.05) is 6.61 Å². The van der Waals surface area contributed by atoms with Gasteiger partial charge in [0.15, 0.2) is 5.82 Å². The fraction of sp³-hybridized carbons (Fsp3) is 0.250. The largest absolute Gasteiger partial charge is 0.516 e. The Hall–Kier alpha value is -2.86. The Morgan fingerprint density at radius 1 is 1.26 bits per heavy atom. The van der Waals surface area contributed by atoms with Crippen molar-refractivity contribution in [1.82, 2.24) is 19.7 Å². The Morgan fingerprint density at radius 3 is 2.63 bits per heavy atom. The maximum absolute atomic E-state index is 8.22. The van der Waals surface area contributed by atoms with Crippen molar-refractivity contribution in [2.45, 2.75) is 26.2 Å². The summed E-state index contributed by atoms with van der Waals surface area (Å²) < 4.78 is 7.10. The number of halogens is 1. The van der Waals surface area contributed by atoms with E-state index in [-0.39, 0.29) is 0 Å². The second kappa shape index (κ2) is 9.19. The van der Waals surface area contributed by atoms with Gasteiger partial charge in [-0.1, -0.05) is 11.6 Å². The number of aliphatic hydroxyl groups excluding tert-OH is 1. The molecule has 3 aromatic heterocycles. The van der Waals surface area contributed by atoms with E-state index in [1.807, 2.05) is 37.4 Å². The monoisotopic (exact) mass is 384 g/mol. The van der Waals surface area contributed by atoms with Gasteiger partial charge in [0.2, 0.25) is 5.88 Å². The van der Waals surface area contributed by atoms with E-state index in [9.17, 15) is 0 Å². The normalized spacial score (nSPS) is 12.6. The molecule has 0 spiro atoms. The first kappa shape index (κ1) is 18.9. The lowest BCUT2D eigenvalue weighted by molar-refractivity contribution is 0.327. The van der Waals surface area contributed by atoms with Crippen molar-refractivity contribution >= 4 is 11.6 Å². The first-order chi connectivity index (χ1) is 13.2. The molecule has 1 aliphatic rings. The van der Waals surface area contributed by atoms with Gasteiger partial charge in [-0.25, -0.2) is 14.6 Å². The number of pyridine rings is 2. The molecule has 0 amide bonds. The van der Waals surface area contributed by atoms with Crippen LogP contribution < -0.4 is 4.74 Å². The highest BCUT2D eigenvalue weighted by atomic mass is 35.5. The molecule has 3 aromatic rings. The first-order valence-corrected chi connectivity index (χ1v) is 9.16. The van der Waals surface area contributed by atoms with Crippen LogP contribution in [-0.4, -0.2) is 31.5 Å². The van der Waals surface area contributed by atoms with Crippen LogP contribution in [0.2, 0.25) is 5.02 Å². The van der Waals surface area contributed by atoms with Gasteiger partial charge in [-0.2, -0.15) is 5.10 Å². The molecule has 0 unspecified atom stereocenters. The summed E-state index contributed by atoms with van der Waals surface area (Å²) in [5, 5.41) is 12.9. The van der Waals surface area contributed by atoms with Crippen LogP contribution in [0, 0.1) is 0 Å². The highest BCUT2D eigenvalue weighted by molar-refractivity contribution is 6.33. The van der Waals surface area contributed by atoms with Crippen LogP contribution in [-0.2, 0) is 0 Å². The third kappa shape index (κ3) is 4.86. The van der Waals surface area contributed by atoms with E-state index in [4.69, 9.17) is 21.4 Å². The SMILES string of the molecule is CCOc1cc(-c2ccc(-n3cccn3)nc2)c(Cl)cn1.OC=C1CCC1. The van der Waals surface area contributed by atoms with Gasteiger partial charge < -0.3 is 9.84 Å². The number of ether oxygens (including phenoxy) is 1. The summed E-state index contributed by atoms with van der Waals surface area (Å²) in [5.74, 6) is 1.30. The molecule has 4 rings (SSSR count). The highest BCUT2D eigenvalue weighted by Crippen LogP contribution is 2.29. The van der Waals surface area contributed by atoms with Crippen molar-refractivity contribution < 1.29 is 9.84 Å². The number of aromatic nitrogens is 4. The van der Waals surface area contributed by atoms with Crippen LogP contribution >= 0.6 is 11.6 Å². The van der Waals surface area contributed by atoms with Gasteiger partial charge in [-0.05, 0) is 50.0 Å². The van der Waals surface area contributed by atoms with Gasteiger partial charge in [-0.3, -0.25) is 0 Å². The number of aliphatic hydroxyl groups is 1. The maximum Gasteiger partial charge on any atom is 0.213 e. The quantitative estimate of drug-likeness (QED) is 0.641. The predicted octanol–water partition coefficient (Wildman–Crippen LogP) is 4.99. The Kier molecular flexibility index (Phi) is 6.44. The minimum absolute atomic E-state index is 0.549. The van der Waals surface area contributed by atoms with Crippen LogP contribution in [0.3, 0.4) is 0 Å². The molecular weight excluding hydrogens is 364 g/mol. The average Bonchev–Trinajstić information content (AvgIpc) is 3.18. The van der Waals surface area contributed by atoms with Crippen LogP contribution in [0.5, 0.6) is 5.88 Å². The van der Waals surface area contributed by atoms with Crippen molar-refractivity contribution in [3.8, 4) is 22.8 Å². The molecular formula is C20H21ClN4O2. The molecule has 1 aliphatic carbocycles. The third-order valence-electron chi connectivity index (χ3n) is 4.10. The standard InChI is InChI=1S/C15H13ClN4O.C5H8O/c1-2-21-15-8-12(13(16)10-18-15)11-4-5-14(17-9-11)20-7-3-6-19-20;6-4-5-2-1-3-5/h3-10H,2H2,1H3;4,6H,1-3H2. The lowest BCUT2D eigenvalue weighted by Gasteiger charge is -2.12. The minimum Gasteiger partial charge on any atom is -0.516 e. The number of rotatable bonds is 4. The molecule has 0 radical (unpaired) electrons. The Bertz CT molecular complexity index is 887. The molecule has 140 valence electrons. The van der Waals surface area contributed by atoms with E-state index in [1.54, 1.807) is 23.3 Å². The summed E-state index contributed by atoms with van der Waals surface area (Å²) in [6.07, 6.45) is 11.6. The van der Waals surface area contributed by atoms with E-state index in [2.05, 4.69) is 15.1 Å². The predicted molar refractivity (Wildman–Crippen MR) is 105 cm³/mol. The number of nitrogens with zero attached hydrogens (tertiary/aromatic N) is 4. The molecule has 0 bridgehead atoms. The smallest absolute Gasteiger partial charge is 0.213 e. The van der Waals surface area contributed by atoms with Crippen molar-refractivity contribution in [1.29, 1.82) is 0 Å². The summed E-state index contributed by atoms with van der Waals surface area (Å²) >= 11 is 6.21. The second-order valence-corrected chi connectivity index (χ2v) is 6.34. The molecule has 1 saturated carbocycles. The fourth-order valence-corrected chi connectivity index (χ4v) is 2.68. The molecule has 3 heterocycles. The lowest BCUT2D eigenvalue weighted by Crippen LogP contribution is -1.98. The van der Waals surface area contributed by atoms with Crippen LogP contribution in [0.15, 0.2) is 60.9 Å². The number of hydrogen-bond donors (Lipinski definition) is 1. The van der Waals surface area contributed by atoms with E-state index in [0.29, 0.717) is 17.5 Å². The van der Waals surface area contributed by atoms with Crippen molar-refractivity contribution in [2.24, 2.45) is 0 Å². The Balaban J connectivity index is 0.000000299. The summed E-state index contributed by atoms with van der Waals surface area (Å²) in [7, 11) is 0. The Labute approximate surface area is 163 Å². The maximum atomic E-state index is 8.22. The lowest BCUT2D eigenvalue weighted by atomic mass is 9.94. The zero-order chi connectivity index (χ0) is 19.1. The van der Waals surface area contributed by atoms with Gasteiger partial charge in [-0.15, -0.1) is 0 Å². The van der Waals surface area contributed by atoms with E-state index < -0.39 is 0 Å². The average molecular weight is 385 g/mol. The number of allylic oxidation sites excluding steroid dienone is 1. The zero-order valence-corrected chi connectivity index (χ0v) is 15.8. The van der Waals surface area contributed by atoms with Gasteiger partial charge in [0.1, 0.15) is 0 Å². The third-order valence-corrected chi connectivity index (χ3v) is 4.40. The number of hydrogen-bond acceptors (Lipinski definition) is 5. The van der Waals surface area contributed by atoms with E-state index in [1.165, 1.54) is 18.3 Å². The topological polar surface area (TPSA) is 73.1 Å². The van der Waals surface area contributed by atoms with Gasteiger partial charge in [0, 0.05) is 35.8 Å². The molecule has 7 heteroatoms. The molecule has 0 atom stereocenters. The van der Waals surface area contributed by atoms with Crippen LogP contribution in [0.4, 0.5) is 0 Å². The van der Waals surface area contributed by atoms with Crippen molar-refractivity contribution in [3.05, 3.63) is 65.9 Å². The highest BCUT2D eigenvalue weighted by Gasteiger charge is 2.08. The molecule has 0 aliphatic heterocycles. The summed E-state index contributed by atoms with van der Waals surface area (Å²) in [6.45, 7) is 2.47. The zero-order valence-electron chi connectivity index (χ0n) is 15.0. The molecule has 1 N–H and O–H groups in total. The first-order valence-electron chi connectivity index (χ1n) is 8.78. The van der Waals surface area contributed by atoms with Crippen molar-refractivity contribution in [3.63, 3.8) is 0 Å². The van der Waals surface area contributed by atoms with Crippen LogP contribution in [0.25, 0.3) is 16.9 Å². The summed E-state index contributed by atoms with van der Waals surface area (Å²) in [5.41, 5.74) is 2.95. The second-order valence-electron chi connectivity index (χ2n) is 5.93. The van der Waals surface area contributed by atoms with E-state index in [0.717, 1.165) is 29.8 Å². The molecule has 27 heavy (non-hydrogen) atoms. The summed E-state index contributed by atoms with van der Waals surface area (Å²) in [6, 6.07) is 7.50. The van der Waals surface area contributed by atoms with Gasteiger partial charge in [0.25, 0.3) is 0 Å². The van der Waals surface area contributed by atoms with E-state index >= 15 is 0 Å². The minimum atomic E-state index is 0.549. The molecule has 0 aromatic carbocycles. The Morgan fingerprint density at radius 2 is 2.11 bits per heavy atom. The molecule has 1 fully saturated rings. The fourth-order valence-electron chi connectivity index (χ4n) is 2.46. The molecule has 0 saturated heterocycles. The van der Waals surface area contributed by atoms with Gasteiger partial charge >= 0.3 is 0 Å².